The number of hydrogen-bond donors (Lipinski definition) is 2. The van der Waals surface area contributed by atoms with Crippen molar-refractivity contribution in [2.45, 2.75) is 38.8 Å². The van der Waals surface area contributed by atoms with Crippen molar-refractivity contribution < 1.29 is 28.5 Å². The van der Waals surface area contributed by atoms with E-state index >= 15 is 0 Å². The second kappa shape index (κ2) is 14.5. The lowest BCUT2D eigenvalue weighted by Gasteiger charge is -2.22. The van der Waals surface area contributed by atoms with Crippen molar-refractivity contribution in [3.63, 3.8) is 0 Å². The van der Waals surface area contributed by atoms with Crippen molar-refractivity contribution in [3.05, 3.63) is 83.4 Å². The molecule has 8 nitrogen and oxygen atoms in total. The Morgan fingerprint density at radius 3 is 1.68 bits per heavy atom. The van der Waals surface area contributed by atoms with Crippen molar-refractivity contribution in [1.29, 1.82) is 0 Å². The molecule has 8 heteroatoms. The van der Waals surface area contributed by atoms with E-state index in [1.165, 1.54) is 0 Å². The number of ether oxygens (including phenoxy) is 4. The maximum atomic E-state index is 13.0. The van der Waals surface area contributed by atoms with Crippen LogP contribution in [0.5, 0.6) is 23.0 Å². The minimum Gasteiger partial charge on any atom is -0.497 e. The summed E-state index contributed by atoms with van der Waals surface area (Å²) in [5.41, 5.74) is 2.31. The van der Waals surface area contributed by atoms with Gasteiger partial charge in [0.25, 0.3) is 0 Å². The van der Waals surface area contributed by atoms with E-state index in [1.54, 1.807) is 57.7 Å². The van der Waals surface area contributed by atoms with Crippen molar-refractivity contribution in [2.75, 3.05) is 27.9 Å². The zero-order chi connectivity index (χ0) is 27.3. The number of amides is 2. The summed E-state index contributed by atoms with van der Waals surface area (Å²) < 4.78 is 21.8. The maximum Gasteiger partial charge on any atom is 0.226 e. The van der Waals surface area contributed by atoms with Crippen LogP contribution in [-0.2, 0) is 22.4 Å². The highest BCUT2D eigenvalue weighted by atomic mass is 16.5. The fraction of sp³-hybridized carbons (Fsp3) is 0.333. The van der Waals surface area contributed by atoms with Gasteiger partial charge in [0.15, 0.2) is 11.5 Å². The molecule has 0 spiro atoms. The highest BCUT2D eigenvalue weighted by Gasteiger charge is 2.20. The molecule has 0 bridgehead atoms. The largest absolute Gasteiger partial charge is 0.497 e. The van der Waals surface area contributed by atoms with Crippen LogP contribution in [0.4, 0.5) is 0 Å². The number of nitrogens with one attached hydrogen (secondary N) is 2. The zero-order valence-electron chi connectivity index (χ0n) is 22.4. The summed E-state index contributed by atoms with van der Waals surface area (Å²) in [6, 6.07) is 19.9. The van der Waals surface area contributed by atoms with Gasteiger partial charge < -0.3 is 29.6 Å². The molecule has 202 valence electrons. The Kier molecular flexibility index (Phi) is 10.8. The first-order valence-electron chi connectivity index (χ1n) is 12.6. The number of rotatable bonds is 14. The van der Waals surface area contributed by atoms with Gasteiger partial charge in [-0.05, 0) is 59.5 Å². The fourth-order valence-electron chi connectivity index (χ4n) is 3.79. The Hall–Kier alpha value is -4.20. The lowest BCUT2D eigenvalue weighted by molar-refractivity contribution is -0.123. The minimum absolute atomic E-state index is 0.143. The Labute approximate surface area is 224 Å². The van der Waals surface area contributed by atoms with E-state index in [2.05, 4.69) is 17.6 Å². The lowest BCUT2D eigenvalue weighted by atomic mass is 10.1. The molecule has 3 rings (SSSR count). The molecule has 3 aromatic rings. The summed E-state index contributed by atoms with van der Waals surface area (Å²) in [6.07, 6.45) is 1.46. The van der Waals surface area contributed by atoms with Gasteiger partial charge in [-0.25, -0.2) is 0 Å². The number of unbranched alkanes of at least 4 members (excludes halogenated alkanes) is 1. The number of carbonyl (C=O) groups is 2. The monoisotopic (exact) mass is 520 g/mol. The van der Waals surface area contributed by atoms with Gasteiger partial charge in [-0.2, -0.15) is 0 Å². The van der Waals surface area contributed by atoms with Gasteiger partial charge in [0.05, 0.1) is 40.8 Å². The first-order chi connectivity index (χ1) is 18.4. The average molecular weight is 521 g/mol. The lowest BCUT2D eigenvalue weighted by Crippen LogP contribution is -2.42. The number of methoxy groups -OCH3 is 3. The van der Waals surface area contributed by atoms with E-state index in [0.717, 1.165) is 24.0 Å². The second-order valence-corrected chi connectivity index (χ2v) is 8.73. The van der Waals surface area contributed by atoms with Gasteiger partial charge in [0.2, 0.25) is 11.8 Å². The highest BCUT2D eigenvalue weighted by Crippen LogP contribution is 2.30. The van der Waals surface area contributed by atoms with Crippen LogP contribution in [0.25, 0.3) is 0 Å². The Morgan fingerprint density at radius 1 is 0.711 bits per heavy atom. The molecule has 0 unspecified atom stereocenters. The average Bonchev–Trinajstić information content (AvgIpc) is 2.93. The van der Waals surface area contributed by atoms with Crippen molar-refractivity contribution in [1.82, 2.24) is 10.6 Å². The first-order valence-corrected chi connectivity index (χ1v) is 12.6. The predicted octanol–water partition coefficient (Wildman–Crippen LogP) is 4.61. The van der Waals surface area contributed by atoms with Crippen LogP contribution in [0.2, 0.25) is 0 Å². The van der Waals surface area contributed by atoms with Crippen LogP contribution in [0, 0.1) is 0 Å². The molecule has 0 aliphatic heterocycles. The van der Waals surface area contributed by atoms with Gasteiger partial charge in [-0.3, -0.25) is 9.59 Å². The maximum absolute atomic E-state index is 13.0. The van der Waals surface area contributed by atoms with Gasteiger partial charge in [-0.15, -0.1) is 0 Å². The third kappa shape index (κ3) is 8.44. The van der Waals surface area contributed by atoms with Gasteiger partial charge in [-0.1, -0.05) is 43.7 Å². The fourth-order valence-corrected chi connectivity index (χ4v) is 3.79. The SMILES string of the molecule is CCCCOc1ccc(C(NC(=O)Cc2ccc(OC)cc2)NC(=O)Cc2ccc(OC)cc2)cc1OC. The van der Waals surface area contributed by atoms with E-state index in [1.807, 2.05) is 30.3 Å². The Bertz CT molecular complexity index is 1110. The highest BCUT2D eigenvalue weighted by molar-refractivity contribution is 5.82. The topological polar surface area (TPSA) is 95.1 Å². The molecule has 38 heavy (non-hydrogen) atoms. The van der Waals surface area contributed by atoms with Crippen LogP contribution >= 0.6 is 0 Å². The molecule has 0 aliphatic rings. The summed E-state index contributed by atoms with van der Waals surface area (Å²) in [7, 11) is 4.75. The van der Waals surface area contributed by atoms with E-state index in [-0.39, 0.29) is 24.7 Å². The number of hydrogen-bond acceptors (Lipinski definition) is 6. The Balaban J connectivity index is 1.78. The van der Waals surface area contributed by atoms with Crippen LogP contribution in [0.3, 0.4) is 0 Å². The molecule has 2 amide bonds. The third-order valence-electron chi connectivity index (χ3n) is 5.93. The molecule has 0 saturated carbocycles. The second-order valence-electron chi connectivity index (χ2n) is 8.73. The van der Waals surface area contributed by atoms with E-state index < -0.39 is 6.17 Å². The molecule has 0 aromatic heterocycles. The first kappa shape index (κ1) is 28.4. The summed E-state index contributed by atoms with van der Waals surface area (Å²) in [4.78, 5) is 26.0. The van der Waals surface area contributed by atoms with Crippen LogP contribution in [0.15, 0.2) is 66.7 Å². The number of carbonyl (C=O) groups excluding carboxylic acids is 2. The van der Waals surface area contributed by atoms with Crippen LogP contribution in [0.1, 0.15) is 42.6 Å². The number of benzene rings is 3. The molecule has 0 atom stereocenters. The molecule has 0 aliphatic carbocycles. The van der Waals surface area contributed by atoms with Gasteiger partial charge in [0, 0.05) is 0 Å². The van der Waals surface area contributed by atoms with Crippen molar-refractivity contribution in [2.24, 2.45) is 0 Å². The summed E-state index contributed by atoms with van der Waals surface area (Å²) in [5.74, 6) is 2.08. The summed E-state index contributed by atoms with van der Waals surface area (Å²) >= 11 is 0. The van der Waals surface area contributed by atoms with Gasteiger partial charge in [0.1, 0.15) is 17.7 Å². The van der Waals surface area contributed by atoms with E-state index in [4.69, 9.17) is 18.9 Å². The van der Waals surface area contributed by atoms with E-state index in [9.17, 15) is 9.59 Å². The summed E-state index contributed by atoms with van der Waals surface area (Å²) in [5, 5.41) is 5.90. The van der Waals surface area contributed by atoms with Crippen LogP contribution < -0.4 is 29.6 Å². The van der Waals surface area contributed by atoms with Crippen molar-refractivity contribution >= 4 is 11.8 Å². The molecule has 0 fully saturated rings. The molecular formula is C30H36N2O6. The van der Waals surface area contributed by atoms with Crippen LogP contribution in [-0.4, -0.2) is 39.8 Å². The normalized spacial score (nSPS) is 10.6. The molecule has 0 radical (unpaired) electrons. The standard InChI is InChI=1S/C30H36N2O6/c1-5-6-17-38-26-16-11-23(20-27(26)37-4)30(31-28(33)18-21-7-12-24(35-2)13-8-21)32-29(34)19-22-9-14-25(36-3)15-10-22/h7-16,20,30H,5-6,17-19H2,1-4H3,(H,31,33)(H,32,34). The zero-order valence-corrected chi connectivity index (χ0v) is 22.4. The molecule has 3 aromatic carbocycles. The quantitative estimate of drug-likeness (QED) is 0.238. The molecule has 2 N–H and O–H groups in total. The predicted molar refractivity (Wildman–Crippen MR) is 146 cm³/mol. The smallest absolute Gasteiger partial charge is 0.226 e. The summed E-state index contributed by atoms with van der Waals surface area (Å²) in [6.45, 7) is 2.67. The minimum atomic E-state index is -0.773. The van der Waals surface area contributed by atoms with Crippen molar-refractivity contribution in [3.8, 4) is 23.0 Å². The third-order valence-corrected chi connectivity index (χ3v) is 5.93. The molecular weight excluding hydrogens is 484 g/mol. The molecule has 0 heterocycles. The van der Waals surface area contributed by atoms with E-state index in [0.29, 0.717) is 35.2 Å². The molecule has 0 saturated heterocycles. The van der Waals surface area contributed by atoms with Gasteiger partial charge >= 0.3 is 0 Å². The Morgan fingerprint density at radius 2 is 1.24 bits per heavy atom.